The highest BCUT2D eigenvalue weighted by Gasteiger charge is 2.30. The maximum Gasteiger partial charge on any atom is 0.416 e. The minimum Gasteiger partial charge on any atom is -0.504 e. The molecule has 1 N–H and O–H groups in total. The second-order valence-electron chi connectivity index (χ2n) is 3.77. The molecule has 2 rings (SSSR count). The summed E-state index contributed by atoms with van der Waals surface area (Å²) >= 11 is 0. The zero-order chi connectivity index (χ0) is 13.3. The van der Waals surface area contributed by atoms with Gasteiger partial charge in [0.2, 0.25) is 0 Å². The number of hydrogen-bond donors (Lipinski definition) is 1. The zero-order valence-electron chi connectivity index (χ0n) is 9.57. The minimum atomic E-state index is -4.36. The van der Waals surface area contributed by atoms with Gasteiger partial charge in [0.05, 0.1) is 11.8 Å². The number of alkyl halides is 3. The van der Waals surface area contributed by atoms with E-state index in [9.17, 15) is 18.3 Å². The van der Waals surface area contributed by atoms with Crippen LogP contribution in [0.15, 0.2) is 30.5 Å². The van der Waals surface area contributed by atoms with E-state index in [1.165, 1.54) is 23.0 Å². The van der Waals surface area contributed by atoms with Crippen molar-refractivity contribution < 1.29 is 18.3 Å². The van der Waals surface area contributed by atoms with Gasteiger partial charge in [0.25, 0.3) is 0 Å². The highest BCUT2D eigenvalue weighted by molar-refractivity contribution is 5.66. The van der Waals surface area contributed by atoms with Crippen LogP contribution in [0.2, 0.25) is 0 Å². The van der Waals surface area contributed by atoms with Crippen molar-refractivity contribution in [3.63, 3.8) is 0 Å². The number of nitrogens with zero attached hydrogens (tertiary/aromatic N) is 2. The molecule has 0 aliphatic heterocycles. The van der Waals surface area contributed by atoms with Crippen LogP contribution in [0.25, 0.3) is 11.3 Å². The van der Waals surface area contributed by atoms with E-state index in [1.807, 2.05) is 6.92 Å². The maximum atomic E-state index is 12.4. The Morgan fingerprint density at radius 1 is 1.22 bits per heavy atom. The molecule has 0 radical (unpaired) electrons. The molecule has 0 saturated carbocycles. The van der Waals surface area contributed by atoms with Crippen molar-refractivity contribution >= 4 is 0 Å². The molecule has 0 aliphatic carbocycles. The van der Waals surface area contributed by atoms with Gasteiger partial charge < -0.3 is 5.11 Å². The van der Waals surface area contributed by atoms with Gasteiger partial charge in [0, 0.05) is 12.1 Å². The van der Waals surface area contributed by atoms with Crippen molar-refractivity contribution in [2.45, 2.75) is 19.6 Å². The predicted octanol–water partition coefficient (Wildman–Crippen LogP) is 3.29. The molecule has 0 amide bonds. The fourth-order valence-corrected chi connectivity index (χ4v) is 1.73. The van der Waals surface area contributed by atoms with Crippen molar-refractivity contribution in [3.05, 3.63) is 36.0 Å². The average molecular weight is 256 g/mol. The van der Waals surface area contributed by atoms with Crippen LogP contribution in [-0.2, 0) is 12.7 Å². The lowest BCUT2D eigenvalue weighted by Crippen LogP contribution is -2.04. The number of hydrogen-bond acceptors (Lipinski definition) is 2. The normalized spacial score (nSPS) is 11.8. The number of rotatable bonds is 2. The van der Waals surface area contributed by atoms with Gasteiger partial charge in [-0.2, -0.15) is 18.3 Å². The third-order valence-electron chi connectivity index (χ3n) is 2.61. The van der Waals surface area contributed by atoms with Crippen molar-refractivity contribution in [1.29, 1.82) is 0 Å². The average Bonchev–Trinajstić information content (AvgIpc) is 2.69. The van der Waals surface area contributed by atoms with Crippen molar-refractivity contribution in [3.8, 4) is 17.0 Å². The smallest absolute Gasteiger partial charge is 0.416 e. The van der Waals surface area contributed by atoms with E-state index in [0.717, 1.165) is 12.1 Å². The Balaban J connectivity index is 2.43. The first-order valence-electron chi connectivity index (χ1n) is 5.36. The highest BCUT2D eigenvalue weighted by Crippen LogP contribution is 2.33. The lowest BCUT2D eigenvalue weighted by molar-refractivity contribution is -0.137. The summed E-state index contributed by atoms with van der Waals surface area (Å²) in [6.07, 6.45) is -3.08. The summed E-state index contributed by atoms with van der Waals surface area (Å²) in [6.45, 7) is 2.36. The van der Waals surface area contributed by atoms with Gasteiger partial charge in [-0.3, -0.25) is 4.68 Å². The molecule has 0 spiro atoms. The maximum absolute atomic E-state index is 12.4. The quantitative estimate of drug-likeness (QED) is 0.895. The molecule has 2 aromatic rings. The summed E-state index contributed by atoms with van der Waals surface area (Å²) in [5, 5.41) is 13.6. The summed E-state index contributed by atoms with van der Waals surface area (Å²) in [7, 11) is 0. The van der Waals surface area contributed by atoms with Gasteiger partial charge in [-0.1, -0.05) is 12.1 Å². The van der Waals surface area contributed by atoms with Crippen LogP contribution in [-0.4, -0.2) is 14.9 Å². The first kappa shape index (κ1) is 12.5. The standard InChI is InChI=1S/C12H11F3N2O/c1-2-17-11(10(18)7-16-17)8-3-5-9(6-4-8)12(13,14)15/h3-7,18H,2H2,1H3. The van der Waals surface area contributed by atoms with E-state index in [0.29, 0.717) is 17.8 Å². The number of aromatic nitrogens is 2. The lowest BCUT2D eigenvalue weighted by atomic mass is 10.1. The monoisotopic (exact) mass is 256 g/mol. The Bertz CT molecular complexity index is 543. The molecule has 6 heteroatoms. The summed E-state index contributed by atoms with van der Waals surface area (Å²) in [4.78, 5) is 0. The molecule has 96 valence electrons. The van der Waals surface area contributed by atoms with Gasteiger partial charge in [-0.15, -0.1) is 0 Å². The summed E-state index contributed by atoms with van der Waals surface area (Å²) in [5.41, 5.74) is 0.208. The molecular weight excluding hydrogens is 245 g/mol. The van der Waals surface area contributed by atoms with Gasteiger partial charge in [0.15, 0.2) is 5.75 Å². The molecule has 0 fully saturated rings. The third kappa shape index (κ3) is 2.18. The fourth-order valence-electron chi connectivity index (χ4n) is 1.73. The second kappa shape index (κ2) is 4.36. The minimum absolute atomic E-state index is 0.0448. The van der Waals surface area contributed by atoms with E-state index < -0.39 is 11.7 Å². The molecule has 0 aliphatic rings. The number of aryl methyl sites for hydroxylation is 1. The fraction of sp³-hybridized carbons (Fsp3) is 0.250. The van der Waals surface area contributed by atoms with Crippen LogP contribution < -0.4 is 0 Å². The molecule has 0 saturated heterocycles. The second-order valence-corrected chi connectivity index (χ2v) is 3.77. The predicted molar refractivity (Wildman–Crippen MR) is 60.0 cm³/mol. The van der Waals surface area contributed by atoms with Crippen LogP contribution in [0.3, 0.4) is 0 Å². The molecule has 18 heavy (non-hydrogen) atoms. The van der Waals surface area contributed by atoms with E-state index in [1.54, 1.807) is 0 Å². The zero-order valence-corrected chi connectivity index (χ0v) is 9.57. The topological polar surface area (TPSA) is 38.0 Å². The molecule has 1 aromatic carbocycles. The van der Waals surface area contributed by atoms with Crippen LogP contribution >= 0.6 is 0 Å². The van der Waals surface area contributed by atoms with E-state index in [2.05, 4.69) is 5.10 Å². The number of aromatic hydroxyl groups is 1. The van der Waals surface area contributed by atoms with Crippen molar-refractivity contribution in [2.24, 2.45) is 0 Å². The van der Waals surface area contributed by atoms with Crippen molar-refractivity contribution in [1.82, 2.24) is 9.78 Å². The first-order chi connectivity index (χ1) is 8.43. The van der Waals surface area contributed by atoms with Crippen LogP contribution in [0.4, 0.5) is 13.2 Å². The molecule has 1 aromatic heterocycles. The Morgan fingerprint density at radius 2 is 1.83 bits per heavy atom. The van der Waals surface area contributed by atoms with E-state index in [-0.39, 0.29) is 5.75 Å². The van der Waals surface area contributed by atoms with Gasteiger partial charge in [-0.25, -0.2) is 0 Å². The highest BCUT2D eigenvalue weighted by atomic mass is 19.4. The number of halogens is 3. The molecule has 0 atom stereocenters. The van der Waals surface area contributed by atoms with Crippen LogP contribution in [0.1, 0.15) is 12.5 Å². The van der Waals surface area contributed by atoms with Gasteiger partial charge in [0.1, 0.15) is 5.69 Å². The molecule has 1 heterocycles. The Hall–Kier alpha value is -1.98. The SMILES string of the molecule is CCn1ncc(O)c1-c1ccc(C(F)(F)F)cc1. The largest absolute Gasteiger partial charge is 0.504 e. The van der Waals surface area contributed by atoms with E-state index >= 15 is 0 Å². The molecular formula is C12H11F3N2O. The Morgan fingerprint density at radius 3 is 2.33 bits per heavy atom. The van der Waals surface area contributed by atoms with Crippen LogP contribution in [0.5, 0.6) is 5.75 Å². The number of benzene rings is 1. The lowest BCUT2D eigenvalue weighted by Gasteiger charge is -2.09. The third-order valence-corrected chi connectivity index (χ3v) is 2.61. The van der Waals surface area contributed by atoms with Gasteiger partial charge >= 0.3 is 6.18 Å². The summed E-state index contributed by atoms with van der Waals surface area (Å²) in [5.74, 6) is -0.0448. The van der Waals surface area contributed by atoms with Crippen molar-refractivity contribution in [2.75, 3.05) is 0 Å². The molecule has 3 nitrogen and oxygen atoms in total. The molecule has 0 unspecified atom stereocenters. The van der Waals surface area contributed by atoms with Crippen LogP contribution in [0, 0.1) is 0 Å². The first-order valence-corrected chi connectivity index (χ1v) is 5.36. The summed E-state index contributed by atoms with van der Waals surface area (Å²) in [6, 6.07) is 4.63. The summed E-state index contributed by atoms with van der Waals surface area (Å²) < 4.78 is 38.8. The Labute approximate surface area is 101 Å². The Kier molecular flexibility index (Phi) is 3.02. The van der Waals surface area contributed by atoms with E-state index in [4.69, 9.17) is 0 Å². The molecule has 0 bridgehead atoms. The van der Waals surface area contributed by atoms with Gasteiger partial charge in [-0.05, 0) is 19.1 Å².